The predicted molar refractivity (Wildman–Crippen MR) is 88.1 cm³/mol. The maximum Gasteiger partial charge on any atom is 0.418 e. The lowest BCUT2D eigenvalue weighted by Crippen LogP contribution is -2.62. The van der Waals surface area contributed by atoms with Crippen LogP contribution in [0, 0.1) is 5.92 Å². The van der Waals surface area contributed by atoms with Crippen LogP contribution in [0.4, 0.5) is 4.79 Å². The molecule has 3 aliphatic rings. The molecule has 2 unspecified atom stereocenters. The summed E-state index contributed by atoms with van der Waals surface area (Å²) in [5.74, 6) is -0.0268. The third kappa shape index (κ3) is 3.62. The molecule has 2 bridgehead atoms. The summed E-state index contributed by atoms with van der Waals surface area (Å²) < 4.78 is 40.9. The van der Waals surface area contributed by atoms with Crippen molar-refractivity contribution in [1.82, 2.24) is 15.3 Å². The van der Waals surface area contributed by atoms with Gasteiger partial charge in [-0.15, -0.1) is 15.9 Å². The van der Waals surface area contributed by atoms with Crippen molar-refractivity contribution >= 4 is 33.9 Å². The smallest absolute Gasteiger partial charge is 0.365 e. The number of carbonyl (C=O) groups excluding carboxylic acids is 2. The fourth-order valence-electron chi connectivity index (χ4n) is 3.70. The van der Waals surface area contributed by atoms with Gasteiger partial charge < -0.3 is 15.8 Å². The summed E-state index contributed by atoms with van der Waals surface area (Å²) in [4.78, 5) is 25.7. The number of amides is 3. The summed E-state index contributed by atoms with van der Waals surface area (Å²) in [6, 6.07) is -1.57. The monoisotopic (exact) mass is 412 g/mol. The maximum atomic E-state index is 12.5. The zero-order chi connectivity index (χ0) is 19.1. The topological polar surface area (TPSA) is 151 Å². The van der Waals surface area contributed by atoms with E-state index in [0.717, 1.165) is 17.9 Å². The van der Waals surface area contributed by atoms with Crippen LogP contribution in [-0.4, -0.2) is 78.3 Å². The first-order valence-electron chi connectivity index (χ1n) is 8.17. The molecule has 3 amide bonds. The second kappa shape index (κ2) is 7.09. The van der Waals surface area contributed by atoms with Crippen molar-refractivity contribution in [2.45, 2.75) is 37.1 Å². The Hall–Kier alpha value is -1.18. The Kier molecular flexibility index (Phi) is 5.34. The number of halogens is 1. The van der Waals surface area contributed by atoms with Gasteiger partial charge in [0.15, 0.2) is 0 Å². The Morgan fingerprint density at radius 2 is 2.23 bits per heavy atom. The van der Waals surface area contributed by atoms with Gasteiger partial charge in [0, 0.05) is 24.9 Å². The summed E-state index contributed by atoms with van der Waals surface area (Å²) in [6.45, 7) is 0.880. The van der Waals surface area contributed by atoms with Crippen molar-refractivity contribution in [1.29, 1.82) is 0 Å². The fraction of sp³-hybridized carbons (Fsp3) is 0.846. The number of hydrogen-bond donors (Lipinski definition) is 3. The van der Waals surface area contributed by atoms with Crippen LogP contribution in [0.1, 0.15) is 19.3 Å². The molecular formula is C13H21ClN4O7S. The van der Waals surface area contributed by atoms with Gasteiger partial charge in [-0.05, 0) is 25.3 Å². The molecule has 0 aromatic heterocycles. The van der Waals surface area contributed by atoms with Crippen molar-refractivity contribution < 1.29 is 31.6 Å². The molecule has 0 aliphatic carbocycles. The first-order valence-corrected chi connectivity index (χ1v) is 10.1. The number of hydroxylamine groups is 2. The number of fused-ring (bicyclic) bond motifs is 2. The van der Waals surface area contributed by atoms with Crippen LogP contribution < -0.4 is 11.1 Å². The van der Waals surface area contributed by atoms with Crippen molar-refractivity contribution in [3.8, 4) is 0 Å². The molecule has 3 rings (SSSR count). The number of piperidine rings is 1. The molecule has 4 N–H and O–H groups in total. The van der Waals surface area contributed by atoms with E-state index in [9.17, 15) is 18.0 Å². The van der Waals surface area contributed by atoms with Gasteiger partial charge in [-0.25, -0.2) is 4.79 Å². The molecule has 4 atom stereocenters. The third-order valence-corrected chi connectivity index (χ3v) is 5.80. The number of hydrogen-bond acceptors (Lipinski definition) is 7. The number of carbonyl (C=O) groups is 2. The van der Waals surface area contributed by atoms with E-state index < -0.39 is 34.1 Å². The van der Waals surface area contributed by atoms with Crippen molar-refractivity contribution in [2.75, 3.05) is 25.6 Å². The molecule has 0 aromatic carbocycles. The van der Waals surface area contributed by atoms with Crippen molar-refractivity contribution in [3.63, 3.8) is 0 Å². The van der Waals surface area contributed by atoms with Crippen LogP contribution in [0.2, 0.25) is 0 Å². The van der Waals surface area contributed by atoms with E-state index in [1.807, 2.05) is 0 Å². The number of rotatable bonds is 7. The van der Waals surface area contributed by atoms with Gasteiger partial charge in [-0.3, -0.25) is 14.2 Å². The average molecular weight is 413 g/mol. The second-order valence-corrected chi connectivity index (χ2v) is 8.05. The van der Waals surface area contributed by atoms with Gasteiger partial charge in [-0.1, -0.05) is 0 Å². The Balaban J connectivity index is 1.74. The highest BCUT2D eigenvalue weighted by molar-refractivity contribution is 7.80. The Morgan fingerprint density at radius 1 is 1.50 bits per heavy atom. The SMILES string of the molecule is NC(=O)C1(OC[C@H]2C[C@H](CCl)CN2)CCC2CN1C(=O)N2OS(=O)(=O)O. The molecule has 11 nitrogen and oxygen atoms in total. The molecule has 26 heavy (non-hydrogen) atoms. The van der Waals surface area contributed by atoms with Crippen LogP contribution in [0.5, 0.6) is 0 Å². The van der Waals surface area contributed by atoms with E-state index in [1.165, 1.54) is 0 Å². The minimum atomic E-state index is -4.87. The van der Waals surface area contributed by atoms with Crippen LogP contribution in [0.25, 0.3) is 0 Å². The number of ether oxygens (including phenoxy) is 1. The van der Waals surface area contributed by atoms with E-state index in [1.54, 1.807) is 0 Å². The zero-order valence-corrected chi connectivity index (χ0v) is 15.4. The minimum absolute atomic E-state index is 0.000304. The number of primary amides is 1. The second-order valence-electron chi connectivity index (χ2n) is 6.73. The highest BCUT2D eigenvalue weighted by Crippen LogP contribution is 2.38. The Bertz CT molecular complexity index is 692. The van der Waals surface area contributed by atoms with Crippen LogP contribution >= 0.6 is 11.6 Å². The Morgan fingerprint density at radius 3 is 2.81 bits per heavy atom. The molecule has 0 radical (unpaired) electrons. The van der Waals surface area contributed by atoms with Gasteiger partial charge in [0.1, 0.15) is 0 Å². The maximum absolute atomic E-state index is 12.5. The molecule has 0 aromatic rings. The van der Waals surface area contributed by atoms with Crippen LogP contribution in [-0.2, 0) is 24.2 Å². The summed E-state index contributed by atoms with van der Waals surface area (Å²) in [5.41, 5.74) is 3.84. The summed E-state index contributed by atoms with van der Waals surface area (Å²) in [5, 5.41) is 3.78. The quantitative estimate of drug-likeness (QED) is 0.357. The first kappa shape index (κ1) is 19.6. The van der Waals surface area contributed by atoms with Crippen LogP contribution in [0.15, 0.2) is 0 Å². The van der Waals surface area contributed by atoms with Gasteiger partial charge >= 0.3 is 16.4 Å². The van der Waals surface area contributed by atoms with E-state index in [0.29, 0.717) is 16.9 Å². The lowest BCUT2D eigenvalue weighted by Gasteiger charge is -2.40. The molecule has 148 valence electrons. The number of nitrogens with two attached hydrogens (primary N) is 1. The molecular weight excluding hydrogens is 392 g/mol. The van der Waals surface area contributed by atoms with Crippen LogP contribution in [0.3, 0.4) is 0 Å². The van der Waals surface area contributed by atoms with Gasteiger partial charge in [0.25, 0.3) is 5.91 Å². The standard InChI is InChI=1S/C13H21ClN4O7S/c14-4-8-3-9(16-5-8)7-24-13(11(15)19)2-1-10-6-17(13)12(20)18(10)25-26(21,22)23/h8-10,16H,1-7H2,(H2,15,19)(H,21,22,23)/t8-,9-,10?,13?/m1/s1. The van der Waals surface area contributed by atoms with Crippen molar-refractivity contribution in [3.05, 3.63) is 0 Å². The largest absolute Gasteiger partial charge is 0.418 e. The molecule has 3 aliphatic heterocycles. The molecule has 3 heterocycles. The first-order chi connectivity index (χ1) is 12.2. The number of nitrogens with one attached hydrogen (secondary N) is 1. The fourth-order valence-corrected chi connectivity index (χ4v) is 4.33. The minimum Gasteiger partial charge on any atom is -0.365 e. The van der Waals surface area contributed by atoms with E-state index in [4.69, 9.17) is 26.6 Å². The molecule has 0 spiro atoms. The number of urea groups is 1. The molecule has 13 heteroatoms. The van der Waals surface area contributed by atoms with E-state index in [2.05, 4.69) is 9.60 Å². The van der Waals surface area contributed by atoms with Crippen molar-refractivity contribution in [2.24, 2.45) is 11.7 Å². The van der Waals surface area contributed by atoms with Gasteiger partial charge in [-0.2, -0.15) is 13.5 Å². The zero-order valence-electron chi connectivity index (χ0n) is 13.8. The highest BCUT2D eigenvalue weighted by Gasteiger charge is 2.58. The normalized spacial score (nSPS) is 34.5. The van der Waals surface area contributed by atoms with Gasteiger partial charge in [0.05, 0.1) is 12.6 Å². The Labute approximate surface area is 155 Å². The summed E-state index contributed by atoms with van der Waals surface area (Å²) in [6.07, 6.45) is 1.09. The van der Waals surface area contributed by atoms with E-state index in [-0.39, 0.29) is 32.0 Å². The summed E-state index contributed by atoms with van der Waals surface area (Å²) >= 11 is 5.84. The highest BCUT2D eigenvalue weighted by atomic mass is 35.5. The predicted octanol–water partition coefficient (Wildman–Crippen LogP) is -0.964. The van der Waals surface area contributed by atoms with Gasteiger partial charge in [0.2, 0.25) is 5.72 Å². The number of alkyl halides is 1. The number of nitrogens with zero attached hydrogens (tertiary/aromatic N) is 2. The van der Waals surface area contributed by atoms with E-state index >= 15 is 0 Å². The average Bonchev–Trinajstić information content (AvgIpc) is 3.12. The molecule has 0 saturated carbocycles. The molecule has 3 saturated heterocycles. The summed E-state index contributed by atoms with van der Waals surface area (Å²) in [7, 11) is -4.87. The lowest BCUT2D eigenvalue weighted by atomic mass is 9.96. The lowest BCUT2D eigenvalue weighted by molar-refractivity contribution is -0.175. The third-order valence-electron chi connectivity index (χ3n) is 5.01. The molecule has 3 fully saturated rings.